The van der Waals surface area contributed by atoms with Crippen LogP contribution in [0.4, 0.5) is 5.69 Å². The molecule has 6 nitrogen and oxygen atoms in total. The van der Waals surface area contributed by atoms with Gasteiger partial charge in [-0.3, -0.25) is 14.9 Å². The van der Waals surface area contributed by atoms with Crippen molar-refractivity contribution in [3.05, 3.63) is 63.1 Å². The van der Waals surface area contributed by atoms with Crippen molar-refractivity contribution in [3.8, 4) is 0 Å². The van der Waals surface area contributed by atoms with Crippen LogP contribution in [0.15, 0.2) is 47.4 Å². The molecule has 1 saturated heterocycles. The number of fused-ring (bicyclic) bond motifs is 1. The monoisotopic (exact) mass is 399 g/mol. The molecule has 1 aliphatic heterocycles. The average Bonchev–Trinajstić information content (AvgIpc) is 3.33. The Morgan fingerprint density at radius 1 is 1.33 bits per heavy atom. The Hall–Kier alpha value is -2.45. The molecule has 1 unspecified atom stereocenters. The summed E-state index contributed by atoms with van der Waals surface area (Å²) in [6, 6.07) is 12.5. The van der Waals surface area contributed by atoms with E-state index in [4.69, 9.17) is 4.98 Å². The van der Waals surface area contributed by atoms with Crippen molar-refractivity contribution in [2.75, 3.05) is 12.8 Å². The average molecular weight is 399 g/mol. The number of nitro groups is 1. The van der Waals surface area contributed by atoms with Gasteiger partial charge in [-0.2, -0.15) is 0 Å². The van der Waals surface area contributed by atoms with E-state index in [1.807, 2.05) is 30.5 Å². The lowest BCUT2D eigenvalue weighted by Gasteiger charge is -2.23. The number of hydrogen-bond acceptors (Lipinski definition) is 6. The van der Waals surface area contributed by atoms with Gasteiger partial charge < -0.3 is 4.90 Å². The second-order valence-corrected chi connectivity index (χ2v) is 8.26. The number of hydrogen-bond donors (Lipinski definition) is 0. The summed E-state index contributed by atoms with van der Waals surface area (Å²) in [5, 5.41) is 12.3. The number of carbonyl (C=O) groups excluding carboxylic acids is 1. The van der Waals surface area contributed by atoms with Crippen LogP contribution in [0.3, 0.4) is 0 Å². The van der Waals surface area contributed by atoms with Gasteiger partial charge in [0.1, 0.15) is 10.6 Å². The third kappa shape index (κ3) is 3.30. The molecule has 0 aliphatic carbocycles. The Morgan fingerprint density at radius 2 is 2.15 bits per heavy atom. The highest BCUT2D eigenvalue weighted by Crippen LogP contribution is 2.38. The molecule has 1 amide bonds. The molecule has 2 heterocycles. The van der Waals surface area contributed by atoms with Crippen molar-refractivity contribution in [1.82, 2.24) is 9.88 Å². The first kappa shape index (κ1) is 17.9. The molecule has 0 spiro atoms. The predicted octanol–water partition coefficient (Wildman–Crippen LogP) is 4.90. The molecule has 1 aromatic heterocycles. The molecule has 138 valence electrons. The molecular formula is C19H17N3O3S2. The van der Waals surface area contributed by atoms with Crippen molar-refractivity contribution in [1.29, 1.82) is 0 Å². The number of thioether (sulfide) groups is 1. The van der Waals surface area contributed by atoms with E-state index >= 15 is 0 Å². The summed E-state index contributed by atoms with van der Waals surface area (Å²) < 4.78 is 1.09. The first-order chi connectivity index (χ1) is 13.1. The van der Waals surface area contributed by atoms with E-state index < -0.39 is 4.92 Å². The quantitative estimate of drug-likeness (QED) is 0.354. The van der Waals surface area contributed by atoms with Gasteiger partial charge in [-0.15, -0.1) is 23.1 Å². The van der Waals surface area contributed by atoms with Crippen molar-refractivity contribution in [3.63, 3.8) is 0 Å². The van der Waals surface area contributed by atoms with Gasteiger partial charge in [-0.1, -0.05) is 12.1 Å². The minimum atomic E-state index is -0.486. The van der Waals surface area contributed by atoms with Crippen LogP contribution in [0, 0.1) is 10.1 Å². The van der Waals surface area contributed by atoms with E-state index in [-0.39, 0.29) is 23.2 Å². The summed E-state index contributed by atoms with van der Waals surface area (Å²) in [6.45, 7) is 0.583. The number of benzene rings is 2. The molecule has 0 saturated carbocycles. The fraction of sp³-hybridized carbons (Fsp3) is 0.263. The Balaban J connectivity index is 1.71. The summed E-state index contributed by atoms with van der Waals surface area (Å²) >= 11 is 3.05. The standard InChI is InChI=1S/C19H17N3O3S2/c1-26-12-8-9-15(22(24)25)13(11-12)19(23)21-10-4-6-16(21)18-20-14-5-2-3-7-17(14)27-18/h2-3,5,7-9,11,16H,4,6,10H2,1H3. The van der Waals surface area contributed by atoms with Crippen LogP contribution >= 0.6 is 23.1 Å². The van der Waals surface area contributed by atoms with Crippen LogP contribution in [0.5, 0.6) is 0 Å². The first-order valence-corrected chi connectivity index (χ1v) is 10.6. The van der Waals surface area contributed by atoms with E-state index in [1.54, 1.807) is 28.4 Å². The summed E-state index contributed by atoms with van der Waals surface area (Å²) in [7, 11) is 0. The molecule has 8 heteroatoms. The summed E-state index contributed by atoms with van der Waals surface area (Å²) in [6.07, 6.45) is 3.57. The van der Waals surface area contributed by atoms with Gasteiger partial charge in [-0.05, 0) is 43.4 Å². The lowest BCUT2D eigenvalue weighted by molar-refractivity contribution is -0.385. The fourth-order valence-corrected chi connectivity index (χ4v) is 4.98. The maximum Gasteiger partial charge on any atom is 0.282 e. The zero-order valence-electron chi connectivity index (χ0n) is 14.6. The highest BCUT2D eigenvalue weighted by atomic mass is 32.2. The molecule has 0 radical (unpaired) electrons. The smallest absolute Gasteiger partial charge is 0.282 e. The SMILES string of the molecule is CSc1ccc([N+](=O)[O-])c(C(=O)N2CCCC2c2nc3ccccc3s2)c1. The fourth-order valence-electron chi connectivity index (χ4n) is 3.43. The van der Waals surface area contributed by atoms with E-state index in [0.29, 0.717) is 6.54 Å². The van der Waals surface area contributed by atoms with Gasteiger partial charge in [0, 0.05) is 17.5 Å². The van der Waals surface area contributed by atoms with Crippen LogP contribution in [0.2, 0.25) is 0 Å². The largest absolute Gasteiger partial charge is 0.329 e. The molecule has 4 rings (SSSR count). The minimum absolute atomic E-state index is 0.132. The van der Waals surface area contributed by atoms with Gasteiger partial charge in [-0.25, -0.2) is 4.98 Å². The highest BCUT2D eigenvalue weighted by Gasteiger charge is 2.35. The predicted molar refractivity (Wildman–Crippen MR) is 108 cm³/mol. The topological polar surface area (TPSA) is 76.3 Å². The molecule has 0 N–H and O–H groups in total. The number of nitrogens with zero attached hydrogens (tertiary/aromatic N) is 3. The molecule has 2 aromatic carbocycles. The molecule has 27 heavy (non-hydrogen) atoms. The lowest BCUT2D eigenvalue weighted by atomic mass is 10.1. The minimum Gasteiger partial charge on any atom is -0.329 e. The summed E-state index contributed by atoms with van der Waals surface area (Å²) in [4.78, 5) is 31.4. The van der Waals surface area contributed by atoms with Gasteiger partial charge >= 0.3 is 0 Å². The third-order valence-corrected chi connectivity index (χ3v) is 6.60. The Kier molecular flexibility index (Phi) is 4.84. The van der Waals surface area contributed by atoms with Crippen LogP contribution in [-0.4, -0.2) is 33.5 Å². The van der Waals surface area contributed by atoms with Crippen molar-refractivity contribution >= 4 is 44.9 Å². The number of carbonyl (C=O) groups is 1. The van der Waals surface area contributed by atoms with Crippen LogP contribution in [0.1, 0.15) is 34.2 Å². The highest BCUT2D eigenvalue weighted by molar-refractivity contribution is 7.98. The van der Waals surface area contributed by atoms with Crippen LogP contribution in [0.25, 0.3) is 10.2 Å². The Morgan fingerprint density at radius 3 is 2.89 bits per heavy atom. The first-order valence-electron chi connectivity index (χ1n) is 8.57. The number of para-hydroxylation sites is 1. The molecule has 3 aromatic rings. The third-order valence-electron chi connectivity index (χ3n) is 4.74. The molecule has 1 atom stereocenters. The van der Waals surface area contributed by atoms with Crippen molar-refractivity contribution in [2.45, 2.75) is 23.8 Å². The maximum atomic E-state index is 13.2. The van der Waals surface area contributed by atoms with Crippen molar-refractivity contribution in [2.24, 2.45) is 0 Å². The lowest BCUT2D eigenvalue weighted by Crippen LogP contribution is -2.31. The molecular weight excluding hydrogens is 382 g/mol. The molecule has 0 bridgehead atoms. The number of rotatable bonds is 4. The second-order valence-electron chi connectivity index (χ2n) is 6.32. The number of amides is 1. The zero-order valence-corrected chi connectivity index (χ0v) is 16.3. The Labute approximate surface area is 164 Å². The van der Waals surface area contributed by atoms with Gasteiger partial charge in [0.2, 0.25) is 0 Å². The van der Waals surface area contributed by atoms with Crippen molar-refractivity contribution < 1.29 is 9.72 Å². The van der Waals surface area contributed by atoms with E-state index in [9.17, 15) is 14.9 Å². The number of likely N-dealkylation sites (tertiary alicyclic amines) is 1. The molecule has 1 aliphatic rings. The zero-order chi connectivity index (χ0) is 19.0. The number of thiazole rings is 1. The normalized spacial score (nSPS) is 16.8. The van der Waals surface area contributed by atoms with Gasteiger partial charge in [0.25, 0.3) is 11.6 Å². The van der Waals surface area contributed by atoms with Crippen LogP contribution in [-0.2, 0) is 0 Å². The number of nitro benzene ring substituents is 1. The van der Waals surface area contributed by atoms with Gasteiger partial charge in [0.15, 0.2) is 0 Å². The number of aromatic nitrogens is 1. The Bertz CT molecular complexity index is 1000. The van der Waals surface area contributed by atoms with Gasteiger partial charge in [0.05, 0.1) is 21.2 Å². The second kappa shape index (κ2) is 7.28. The summed E-state index contributed by atoms with van der Waals surface area (Å²) in [5.74, 6) is -0.292. The summed E-state index contributed by atoms with van der Waals surface area (Å²) in [5.41, 5.74) is 0.930. The van der Waals surface area contributed by atoms with E-state index in [1.165, 1.54) is 17.8 Å². The molecule has 1 fully saturated rings. The van der Waals surface area contributed by atoms with E-state index in [0.717, 1.165) is 33.0 Å². The van der Waals surface area contributed by atoms with Crippen LogP contribution < -0.4 is 0 Å². The maximum absolute atomic E-state index is 13.2. The van der Waals surface area contributed by atoms with E-state index in [2.05, 4.69) is 0 Å².